The van der Waals surface area contributed by atoms with Gasteiger partial charge in [0.1, 0.15) is 33.7 Å². The third kappa shape index (κ3) is 11.2. The first-order chi connectivity index (χ1) is 20.9. The van der Waals surface area contributed by atoms with Crippen LogP contribution in [-0.2, 0) is 32.3 Å². The van der Waals surface area contributed by atoms with Gasteiger partial charge in [0.05, 0.1) is 45.4 Å². The topological polar surface area (TPSA) is 92.3 Å². The molecule has 0 radical (unpaired) electrons. The number of hydrogen-bond acceptors (Lipinski definition) is 8. The van der Waals surface area contributed by atoms with E-state index in [0.717, 1.165) is 54.3 Å². The second-order valence-electron chi connectivity index (χ2n) is 10.8. The third-order valence-corrected chi connectivity index (χ3v) is 8.52. The van der Waals surface area contributed by atoms with Crippen molar-refractivity contribution in [3.05, 3.63) is 89.5 Å². The molecule has 0 spiro atoms. The minimum atomic E-state index is -2.97. The average Bonchev–Trinajstić information content (AvgIpc) is 3.02. The van der Waals surface area contributed by atoms with Crippen LogP contribution in [0.5, 0.6) is 17.2 Å². The van der Waals surface area contributed by atoms with Crippen LogP contribution in [0.15, 0.2) is 72.8 Å². The summed E-state index contributed by atoms with van der Waals surface area (Å²) in [6.45, 7) is 4.37. The summed E-state index contributed by atoms with van der Waals surface area (Å²) in [4.78, 5) is 0. The number of nitrogens with one attached hydrogen (secondary N) is 1. The maximum atomic E-state index is 11.5. The SMILES string of the molecule is COc1ccccc1COCCCOc1ccc([C@H]2CCNC[C@@H]2OCCOc2ccccc2CCCS(C)(=O)=O)cc1. The molecule has 1 aliphatic rings. The molecule has 0 saturated carbocycles. The number of para-hydroxylation sites is 2. The number of sulfone groups is 1. The lowest BCUT2D eigenvalue weighted by Crippen LogP contribution is -2.41. The quantitative estimate of drug-likeness (QED) is 0.196. The number of methoxy groups -OCH3 is 1. The van der Waals surface area contributed by atoms with Gasteiger partial charge in [-0.25, -0.2) is 8.42 Å². The molecular formula is C34H45NO7S. The van der Waals surface area contributed by atoms with Crippen molar-refractivity contribution in [3.63, 3.8) is 0 Å². The number of hydrogen-bond donors (Lipinski definition) is 1. The Morgan fingerprint density at radius 1 is 0.814 bits per heavy atom. The van der Waals surface area contributed by atoms with Crippen LogP contribution in [0.2, 0.25) is 0 Å². The standard InChI is InChI=1S/C34H45NO7S/c1-38-32-12-5-4-10-29(32)26-39-20-8-21-40-30-16-14-27(15-17-30)31-18-19-35-25-34(31)42-23-22-41-33-13-6-3-9-28(33)11-7-24-43(2,36)37/h3-6,9-10,12-17,31,34-35H,7-8,11,18-26H2,1-2H3/t31-,34+/m1/s1. The predicted molar refractivity (Wildman–Crippen MR) is 169 cm³/mol. The molecule has 0 amide bonds. The molecule has 9 heteroatoms. The molecule has 0 aliphatic carbocycles. The molecule has 8 nitrogen and oxygen atoms in total. The van der Waals surface area contributed by atoms with E-state index in [1.54, 1.807) is 7.11 Å². The van der Waals surface area contributed by atoms with E-state index in [9.17, 15) is 8.42 Å². The highest BCUT2D eigenvalue weighted by Gasteiger charge is 2.27. The Morgan fingerprint density at radius 3 is 2.33 bits per heavy atom. The van der Waals surface area contributed by atoms with Crippen LogP contribution < -0.4 is 19.5 Å². The zero-order valence-electron chi connectivity index (χ0n) is 25.3. The first kappa shape index (κ1) is 32.8. The molecule has 0 bridgehead atoms. The summed E-state index contributed by atoms with van der Waals surface area (Å²) >= 11 is 0. The Bertz CT molecular complexity index is 1350. The lowest BCUT2D eigenvalue weighted by Gasteiger charge is -2.32. The maximum absolute atomic E-state index is 11.5. The summed E-state index contributed by atoms with van der Waals surface area (Å²) in [6, 6.07) is 24.0. The van der Waals surface area contributed by atoms with Crippen molar-refractivity contribution >= 4 is 9.84 Å². The van der Waals surface area contributed by atoms with E-state index >= 15 is 0 Å². The molecule has 1 heterocycles. The summed E-state index contributed by atoms with van der Waals surface area (Å²) < 4.78 is 52.4. The van der Waals surface area contributed by atoms with Crippen LogP contribution in [0.3, 0.4) is 0 Å². The van der Waals surface area contributed by atoms with Gasteiger partial charge in [0.25, 0.3) is 0 Å². The monoisotopic (exact) mass is 611 g/mol. The van der Waals surface area contributed by atoms with Crippen molar-refractivity contribution in [1.82, 2.24) is 5.32 Å². The third-order valence-electron chi connectivity index (χ3n) is 7.49. The van der Waals surface area contributed by atoms with Crippen molar-refractivity contribution in [2.75, 3.05) is 58.6 Å². The second kappa shape index (κ2) is 17.3. The lowest BCUT2D eigenvalue weighted by molar-refractivity contribution is 0.00721. The number of ether oxygens (including phenoxy) is 5. The molecular weight excluding hydrogens is 566 g/mol. The molecule has 3 aromatic rings. The zero-order valence-corrected chi connectivity index (χ0v) is 26.2. The van der Waals surface area contributed by atoms with Crippen LogP contribution in [0.25, 0.3) is 0 Å². The van der Waals surface area contributed by atoms with Gasteiger partial charge in [-0.15, -0.1) is 0 Å². The largest absolute Gasteiger partial charge is 0.496 e. The lowest BCUT2D eigenvalue weighted by atomic mass is 9.88. The predicted octanol–water partition coefficient (Wildman–Crippen LogP) is 5.20. The van der Waals surface area contributed by atoms with Crippen LogP contribution in [0.1, 0.15) is 41.9 Å². The molecule has 4 rings (SSSR count). The number of benzene rings is 3. The van der Waals surface area contributed by atoms with Gasteiger partial charge in [0.15, 0.2) is 0 Å². The molecule has 3 aromatic carbocycles. The van der Waals surface area contributed by atoms with Crippen LogP contribution in [0, 0.1) is 0 Å². The molecule has 1 N–H and O–H groups in total. The van der Waals surface area contributed by atoms with E-state index in [1.165, 1.54) is 11.8 Å². The minimum absolute atomic E-state index is 0.0505. The van der Waals surface area contributed by atoms with Crippen molar-refractivity contribution in [2.45, 2.75) is 44.3 Å². The van der Waals surface area contributed by atoms with Gasteiger partial charge in [-0.2, -0.15) is 0 Å². The Kier molecular flexibility index (Phi) is 13.2. The van der Waals surface area contributed by atoms with Gasteiger partial charge in [-0.1, -0.05) is 48.5 Å². The molecule has 1 saturated heterocycles. The van der Waals surface area contributed by atoms with E-state index in [-0.39, 0.29) is 11.9 Å². The Balaban J connectivity index is 1.17. The van der Waals surface area contributed by atoms with Gasteiger partial charge >= 0.3 is 0 Å². The normalized spacial score (nSPS) is 17.0. The molecule has 0 aromatic heterocycles. The smallest absolute Gasteiger partial charge is 0.147 e. The summed E-state index contributed by atoms with van der Waals surface area (Å²) in [6.07, 6.45) is 4.36. The van der Waals surface area contributed by atoms with E-state index in [4.69, 9.17) is 23.7 Å². The fraction of sp³-hybridized carbons (Fsp3) is 0.471. The molecule has 234 valence electrons. The molecule has 2 atom stereocenters. The molecule has 43 heavy (non-hydrogen) atoms. The second-order valence-corrected chi connectivity index (χ2v) is 13.1. The Labute approximate surface area is 256 Å². The van der Waals surface area contributed by atoms with Crippen LogP contribution >= 0.6 is 0 Å². The van der Waals surface area contributed by atoms with Crippen molar-refractivity contribution in [1.29, 1.82) is 0 Å². The van der Waals surface area contributed by atoms with Crippen LogP contribution in [-0.4, -0.2) is 73.2 Å². The highest BCUT2D eigenvalue weighted by atomic mass is 32.2. The number of aryl methyl sites for hydroxylation is 1. The van der Waals surface area contributed by atoms with E-state index in [2.05, 4.69) is 17.4 Å². The van der Waals surface area contributed by atoms with E-state index < -0.39 is 9.84 Å². The average molecular weight is 612 g/mol. The van der Waals surface area contributed by atoms with Crippen molar-refractivity contribution in [2.24, 2.45) is 0 Å². The molecule has 1 fully saturated rings. The first-order valence-corrected chi connectivity index (χ1v) is 17.1. The highest BCUT2D eigenvalue weighted by Crippen LogP contribution is 2.29. The molecule has 1 aliphatic heterocycles. The highest BCUT2D eigenvalue weighted by molar-refractivity contribution is 7.90. The number of rotatable bonds is 18. The minimum Gasteiger partial charge on any atom is -0.496 e. The van der Waals surface area contributed by atoms with Gasteiger partial charge in [0, 0.05) is 30.7 Å². The van der Waals surface area contributed by atoms with E-state index in [1.807, 2.05) is 60.7 Å². The van der Waals surface area contributed by atoms with Crippen molar-refractivity contribution < 1.29 is 32.1 Å². The number of piperidine rings is 1. The summed E-state index contributed by atoms with van der Waals surface area (Å²) in [5.41, 5.74) is 3.31. The summed E-state index contributed by atoms with van der Waals surface area (Å²) in [5, 5.41) is 3.45. The van der Waals surface area contributed by atoms with Gasteiger partial charge in [0.2, 0.25) is 0 Å². The van der Waals surface area contributed by atoms with Gasteiger partial charge in [-0.3, -0.25) is 0 Å². The van der Waals surface area contributed by atoms with Crippen molar-refractivity contribution in [3.8, 4) is 17.2 Å². The van der Waals surface area contributed by atoms with Crippen LogP contribution in [0.4, 0.5) is 0 Å². The van der Waals surface area contributed by atoms with Gasteiger partial charge in [-0.05, 0) is 61.2 Å². The van der Waals surface area contributed by atoms with E-state index in [0.29, 0.717) is 51.8 Å². The molecule has 0 unspecified atom stereocenters. The first-order valence-electron chi connectivity index (χ1n) is 15.1. The summed E-state index contributed by atoms with van der Waals surface area (Å²) in [5.74, 6) is 2.95. The maximum Gasteiger partial charge on any atom is 0.147 e. The van der Waals surface area contributed by atoms with Gasteiger partial charge < -0.3 is 29.0 Å². The zero-order chi connectivity index (χ0) is 30.3. The fourth-order valence-electron chi connectivity index (χ4n) is 5.28. The summed E-state index contributed by atoms with van der Waals surface area (Å²) in [7, 11) is -1.30. The Morgan fingerprint density at radius 2 is 1.56 bits per heavy atom. The Hall–Kier alpha value is -3.11. The fourth-order valence-corrected chi connectivity index (χ4v) is 5.95.